The monoisotopic (exact) mass is 481 g/mol. The maximum atomic E-state index is 13.0. The minimum absolute atomic E-state index is 0.107. The molecule has 7 heteroatoms. The van der Waals surface area contributed by atoms with Crippen LogP contribution in [0.15, 0.2) is 60.7 Å². The molecular formula is C28H30F3N3O. The van der Waals surface area contributed by atoms with E-state index in [1.807, 2.05) is 34.1 Å². The van der Waals surface area contributed by atoms with E-state index in [1.54, 1.807) is 6.07 Å². The lowest BCUT2D eigenvalue weighted by Gasteiger charge is -2.36. The van der Waals surface area contributed by atoms with E-state index in [9.17, 15) is 18.0 Å². The molecule has 0 saturated carbocycles. The highest BCUT2D eigenvalue weighted by atomic mass is 19.4. The summed E-state index contributed by atoms with van der Waals surface area (Å²) in [5, 5.41) is 2.19. The van der Waals surface area contributed by atoms with E-state index in [0.717, 1.165) is 93.0 Å². The topological polar surface area (TPSA) is 26.8 Å². The Balaban J connectivity index is 1.02. The van der Waals surface area contributed by atoms with Gasteiger partial charge in [-0.05, 0) is 55.1 Å². The first-order valence-electron chi connectivity index (χ1n) is 12.4. The van der Waals surface area contributed by atoms with Crippen molar-refractivity contribution in [3.63, 3.8) is 0 Å². The van der Waals surface area contributed by atoms with Crippen LogP contribution >= 0.6 is 0 Å². The molecule has 2 aliphatic rings. The van der Waals surface area contributed by atoms with E-state index in [0.29, 0.717) is 5.69 Å². The molecule has 1 saturated heterocycles. The molecule has 0 aromatic heterocycles. The van der Waals surface area contributed by atoms with Crippen molar-refractivity contribution in [3.05, 3.63) is 71.8 Å². The van der Waals surface area contributed by atoms with Crippen molar-refractivity contribution in [3.8, 4) is 0 Å². The lowest BCUT2D eigenvalue weighted by atomic mass is 10.1. The number of unbranched alkanes of at least 4 members (excludes halogenated alkanes) is 3. The molecule has 184 valence electrons. The first kappa shape index (κ1) is 23.7. The zero-order valence-corrected chi connectivity index (χ0v) is 19.7. The average Bonchev–Trinajstić information content (AvgIpc) is 3.14. The van der Waals surface area contributed by atoms with E-state index in [1.165, 1.54) is 12.1 Å². The summed E-state index contributed by atoms with van der Waals surface area (Å²) in [6, 6.07) is 17.6. The van der Waals surface area contributed by atoms with Gasteiger partial charge in [0.1, 0.15) is 0 Å². The van der Waals surface area contributed by atoms with Gasteiger partial charge in [0, 0.05) is 49.4 Å². The lowest BCUT2D eigenvalue weighted by Crippen LogP contribution is -2.46. The summed E-state index contributed by atoms with van der Waals surface area (Å²) >= 11 is 0. The largest absolute Gasteiger partial charge is 0.416 e. The minimum atomic E-state index is -4.31. The molecule has 2 aliphatic heterocycles. The molecule has 0 spiro atoms. The summed E-state index contributed by atoms with van der Waals surface area (Å²) in [5.41, 5.74) is 1.89. The van der Waals surface area contributed by atoms with Crippen molar-refractivity contribution in [2.45, 2.75) is 31.9 Å². The molecule has 1 fully saturated rings. The second kappa shape index (κ2) is 9.90. The van der Waals surface area contributed by atoms with Crippen molar-refractivity contribution < 1.29 is 18.0 Å². The molecule has 35 heavy (non-hydrogen) atoms. The Labute approximate surface area is 203 Å². The first-order valence-corrected chi connectivity index (χ1v) is 12.4. The molecule has 0 atom stereocenters. The third-order valence-corrected chi connectivity index (χ3v) is 7.17. The van der Waals surface area contributed by atoms with Crippen LogP contribution in [-0.2, 0) is 6.18 Å². The van der Waals surface area contributed by atoms with Crippen molar-refractivity contribution in [1.29, 1.82) is 0 Å². The SMILES string of the molecule is O=C1c2cccc3cccc(c23)N1CCCCCCN1CCN(c2cccc(C(F)(F)F)c2)CC1. The van der Waals surface area contributed by atoms with Gasteiger partial charge in [0.2, 0.25) is 0 Å². The van der Waals surface area contributed by atoms with Crippen molar-refractivity contribution >= 4 is 28.1 Å². The molecular weight excluding hydrogens is 451 g/mol. The zero-order valence-electron chi connectivity index (χ0n) is 19.7. The van der Waals surface area contributed by atoms with Crippen LogP contribution in [0.2, 0.25) is 0 Å². The number of amides is 1. The highest BCUT2D eigenvalue weighted by Gasteiger charge is 2.31. The third kappa shape index (κ3) is 5.01. The van der Waals surface area contributed by atoms with Gasteiger partial charge in [0.25, 0.3) is 5.91 Å². The third-order valence-electron chi connectivity index (χ3n) is 7.17. The Morgan fingerprint density at radius 3 is 2.20 bits per heavy atom. The average molecular weight is 482 g/mol. The molecule has 3 aromatic carbocycles. The Morgan fingerprint density at radius 2 is 1.46 bits per heavy atom. The van der Waals surface area contributed by atoms with Gasteiger partial charge < -0.3 is 9.80 Å². The molecule has 0 bridgehead atoms. The number of anilines is 2. The number of halogens is 3. The molecule has 0 N–H and O–H groups in total. The van der Waals surface area contributed by atoms with Crippen LogP contribution in [0.25, 0.3) is 10.8 Å². The van der Waals surface area contributed by atoms with Gasteiger partial charge in [-0.3, -0.25) is 9.69 Å². The summed E-state index contributed by atoms with van der Waals surface area (Å²) in [5.74, 6) is 0.107. The molecule has 0 unspecified atom stereocenters. The van der Waals surface area contributed by atoms with E-state index >= 15 is 0 Å². The fourth-order valence-corrected chi connectivity index (χ4v) is 5.27. The number of piperazine rings is 1. The number of rotatable bonds is 8. The molecule has 5 rings (SSSR count). The van der Waals surface area contributed by atoms with Crippen LogP contribution in [-0.4, -0.2) is 50.1 Å². The fourth-order valence-electron chi connectivity index (χ4n) is 5.27. The van der Waals surface area contributed by atoms with Crippen LogP contribution < -0.4 is 9.80 Å². The van der Waals surface area contributed by atoms with Crippen molar-refractivity contribution in [2.24, 2.45) is 0 Å². The van der Waals surface area contributed by atoms with Crippen LogP contribution in [0.4, 0.5) is 24.5 Å². The lowest BCUT2D eigenvalue weighted by molar-refractivity contribution is -0.137. The Bertz CT molecular complexity index is 1200. The zero-order chi connectivity index (χ0) is 24.4. The molecule has 0 aliphatic carbocycles. The second-order valence-electron chi connectivity index (χ2n) is 9.43. The second-order valence-corrected chi connectivity index (χ2v) is 9.43. The Morgan fingerprint density at radius 1 is 0.771 bits per heavy atom. The van der Waals surface area contributed by atoms with Crippen molar-refractivity contribution in [1.82, 2.24) is 4.90 Å². The van der Waals surface area contributed by atoms with Gasteiger partial charge in [-0.1, -0.05) is 43.2 Å². The summed E-state index contributed by atoms with van der Waals surface area (Å²) in [6.45, 7) is 4.95. The first-order chi connectivity index (χ1) is 16.9. The van der Waals surface area contributed by atoms with Gasteiger partial charge in [0.05, 0.1) is 11.3 Å². The molecule has 0 radical (unpaired) electrons. The Kier molecular flexibility index (Phi) is 6.69. The summed E-state index contributed by atoms with van der Waals surface area (Å²) in [4.78, 5) is 19.2. The number of carbonyl (C=O) groups excluding carboxylic acids is 1. The van der Waals surface area contributed by atoms with E-state index in [-0.39, 0.29) is 5.91 Å². The summed E-state index contributed by atoms with van der Waals surface area (Å²) in [7, 11) is 0. The molecule has 2 heterocycles. The van der Waals surface area contributed by atoms with Gasteiger partial charge in [-0.2, -0.15) is 13.2 Å². The molecule has 1 amide bonds. The predicted molar refractivity (Wildman–Crippen MR) is 134 cm³/mol. The maximum Gasteiger partial charge on any atom is 0.416 e. The van der Waals surface area contributed by atoms with Crippen LogP contribution in [0.5, 0.6) is 0 Å². The van der Waals surface area contributed by atoms with E-state index in [4.69, 9.17) is 0 Å². The highest BCUT2D eigenvalue weighted by Crippen LogP contribution is 2.37. The molecule has 4 nitrogen and oxygen atoms in total. The number of hydrogen-bond donors (Lipinski definition) is 0. The summed E-state index contributed by atoms with van der Waals surface area (Å²) in [6.07, 6.45) is -0.0721. The van der Waals surface area contributed by atoms with Gasteiger partial charge in [0.15, 0.2) is 0 Å². The maximum absolute atomic E-state index is 13.0. The Hall–Kier alpha value is -3.06. The number of nitrogens with zero attached hydrogens (tertiary/aromatic N) is 3. The van der Waals surface area contributed by atoms with Crippen molar-refractivity contribution in [2.75, 3.05) is 49.1 Å². The quantitative estimate of drug-likeness (QED) is 0.359. The van der Waals surface area contributed by atoms with E-state index in [2.05, 4.69) is 17.0 Å². The van der Waals surface area contributed by atoms with Gasteiger partial charge in [-0.15, -0.1) is 0 Å². The van der Waals surface area contributed by atoms with Crippen LogP contribution in [0.3, 0.4) is 0 Å². The minimum Gasteiger partial charge on any atom is -0.369 e. The van der Waals surface area contributed by atoms with Crippen LogP contribution in [0.1, 0.15) is 41.6 Å². The number of hydrogen-bond acceptors (Lipinski definition) is 3. The fraction of sp³-hybridized carbons (Fsp3) is 0.393. The van der Waals surface area contributed by atoms with E-state index < -0.39 is 11.7 Å². The smallest absolute Gasteiger partial charge is 0.369 e. The summed E-state index contributed by atoms with van der Waals surface area (Å²) < 4.78 is 39.0. The van der Waals surface area contributed by atoms with Gasteiger partial charge in [-0.25, -0.2) is 0 Å². The standard InChI is InChI=1S/C28H30F3N3O/c29-28(30,31)22-10-7-11-23(20-22)33-18-16-32(17-19-33)14-3-1-2-4-15-34-25-13-6-9-21-8-5-12-24(26(21)25)27(34)35/h5-13,20H,1-4,14-19H2. The predicted octanol–water partition coefficient (Wildman–Crippen LogP) is 6.20. The normalized spacial score (nSPS) is 16.5. The molecule has 3 aromatic rings. The number of alkyl halides is 3. The number of benzene rings is 3. The van der Waals surface area contributed by atoms with Crippen LogP contribution in [0, 0.1) is 0 Å². The highest BCUT2D eigenvalue weighted by molar-refractivity contribution is 6.24. The number of carbonyl (C=O) groups is 1. The van der Waals surface area contributed by atoms with Gasteiger partial charge >= 0.3 is 6.18 Å².